The maximum absolute atomic E-state index is 5.76. The van der Waals surface area contributed by atoms with Crippen LogP contribution in [0, 0.1) is 0 Å². The molecule has 2 aliphatic heterocycles. The van der Waals surface area contributed by atoms with Crippen LogP contribution in [0.4, 0.5) is 11.8 Å². The monoisotopic (exact) mass is 537 g/mol. The number of fused-ring (bicyclic) bond motifs is 1. The standard InChI is InChI=1S/C29H39N5O5/c1-5-39-27-16-20(6-7-24(27)35-2)19-33-10-8-21(9-11-33)30-29-31-23-18-26(37-4)25(36-3)17-22(23)28(32-29)34-12-14-38-15-13-34/h6-7,16-18,21H,5,8-15,19H2,1-4H3,(H,30,31,32). The molecule has 210 valence electrons. The van der Waals surface area contributed by atoms with Crippen LogP contribution in [0.1, 0.15) is 25.3 Å². The second kappa shape index (κ2) is 12.6. The number of anilines is 2. The Bertz CT molecular complexity index is 1260. The number of ether oxygens (including phenoxy) is 5. The summed E-state index contributed by atoms with van der Waals surface area (Å²) < 4.78 is 27.9. The maximum Gasteiger partial charge on any atom is 0.225 e. The van der Waals surface area contributed by atoms with Gasteiger partial charge in [-0.1, -0.05) is 6.07 Å². The molecule has 2 aromatic carbocycles. The van der Waals surface area contributed by atoms with E-state index in [4.69, 9.17) is 33.7 Å². The number of hydrogen-bond acceptors (Lipinski definition) is 10. The van der Waals surface area contributed by atoms with Crippen LogP contribution in [-0.2, 0) is 11.3 Å². The first-order chi connectivity index (χ1) is 19.1. The second-order valence-corrected chi connectivity index (χ2v) is 9.81. The molecule has 0 aliphatic carbocycles. The third-order valence-corrected chi connectivity index (χ3v) is 7.35. The number of piperidine rings is 1. The van der Waals surface area contributed by atoms with Crippen molar-refractivity contribution in [2.24, 2.45) is 0 Å². The van der Waals surface area contributed by atoms with E-state index in [0.717, 1.165) is 73.8 Å². The largest absolute Gasteiger partial charge is 0.493 e. The van der Waals surface area contributed by atoms with Crippen LogP contribution in [0.25, 0.3) is 10.9 Å². The van der Waals surface area contributed by atoms with Crippen LogP contribution in [0.15, 0.2) is 30.3 Å². The number of nitrogens with zero attached hydrogens (tertiary/aromatic N) is 4. The Kier molecular flexibility index (Phi) is 8.73. The molecule has 10 heteroatoms. The lowest BCUT2D eigenvalue weighted by Gasteiger charge is -2.33. The third kappa shape index (κ3) is 6.23. The van der Waals surface area contributed by atoms with Crippen LogP contribution in [0.2, 0.25) is 0 Å². The van der Waals surface area contributed by atoms with Gasteiger partial charge in [0.15, 0.2) is 23.0 Å². The summed E-state index contributed by atoms with van der Waals surface area (Å²) in [4.78, 5) is 14.6. The van der Waals surface area contributed by atoms with Gasteiger partial charge in [-0.15, -0.1) is 0 Å². The van der Waals surface area contributed by atoms with Gasteiger partial charge in [0.05, 0.1) is 46.7 Å². The number of benzene rings is 2. The van der Waals surface area contributed by atoms with E-state index < -0.39 is 0 Å². The predicted octanol–water partition coefficient (Wildman–Crippen LogP) is 3.97. The molecule has 2 fully saturated rings. The molecule has 3 aromatic rings. The lowest BCUT2D eigenvalue weighted by molar-refractivity contribution is 0.122. The Labute approximate surface area is 230 Å². The van der Waals surface area contributed by atoms with E-state index in [9.17, 15) is 0 Å². The molecule has 39 heavy (non-hydrogen) atoms. The Hall–Kier alpha value is -3.50. The number of likely N-dealkylation sites (tertiary alicyclic amines) is 1. The smallest absolute Gasteiger partial charge is 0.225 e. The van der Waals surface area contributed by atoms with Crippen molar-refractivity contribution in [3.05, 3.63) is 35.9 Å². The normalized spacial score (nSPS) is 16.8. The summed E-state index contributed by atoms with van der Waals surface area (Å²) in [6.45, 7) is 8.39. The summed E-state index contributed by atoms with van der Waals surface area (Å²) in [6, 6.07) is 10.4. The van der Waals surface area contributed by atoms with Gasteiger partial charge in [-0.25, -0.2) is 4.98 Å². The van der Waals surface area contributed by atoms with Crippen molar-refractivity contribution in [3.8, 4) is 23.0 Å². The highest BCUT2D eigenvalue weighted by molar-refractivity contribution is 5.93. The molecule has 2 saturated heterocycles. The summed E-state index contributed by atoms with van der Waals surface area (Å²) in [6.07, 6.45) is 2.02. The first-order valence-electron chi connectivity index (χ1n) is 13.7. The molecule has 1 aromatic heterocycles. The Balaban J connectivity index is 1.29. The minimum atomic E-state index is 0.297. The summed E-state index contributed by atoms with van der Waals surface area (Å²) in [5.41, 5.74) is 2.05. The fourth-order valence-corrected chi connectivity index (χ4v) is 5.28. The van der Waals surface area contributed by atoms with Crippen molar-refractivity contribution in [3.63, 3.8) is 0 Å². The van der Waals surface area contributed by atoms with Crippen LogP contribution in [-0.4, -0.2) is 88.2 Å². The molecule has 0 atom stereocenters. The van der Waals surface area contributed by atoms with Crippen molar-refractivity contribution < 1.29 is 23.7 Å². The lowest BCUT2D eigenvalue weighted by Crippen LogP contribution is -2.39. The Morgan fingerprint density at radius 2 is 1.59 bits per heavy atom. The van der Waals surface area contributed by atoms with Gasteiger partial charge in [0.1, 0.15) is 5.82 Å². The first kappa shape index (κ1) is 27.1. The first-order valence-corrected chi connectivity index (χ1v) is 13.7. The molecular formula is C29H39N5O5. The molecule has 5 rings (SSSR count). The number of methoxy groups -OCH3 is 3. The van der Waals surface area contributed by atoms with E-state index in [-0.39, 0.29) is 0 Å². The molecule has 0 saturated carbocycles. The van der Waals surface area contributed by atoms with Gasteiger partial charge < -0.3 is 33.9 Å². The number of hydrogen-bond donors (Lipinski definition) is 1. The highest BCUT2D eigenvalue weighted by Crippen LogP contribution is 2.36. The van der Waals surface area contributed by atoms with Gasteiger partial charge in [-0.2, -0.15) is 4.98 Å². The molecule has 0 unspecified atom stereocenters. The molecular weight excluding hydrogens is 498 g/mol. The summed E-state index contributed by atoms with van der Waals surface area (Å²) >= 11 is 0. The molecule has 0 bridgehead atoms. The summed E-state index contributed by atoms with van der Waals surface area (Å²) in [5.74, 6) is 4.43. The van der Waals surface area contributed by atoms with Crippen LogP contribution in [0.3, 0.4) is 0 Å². The van der Waals surface area contributed by atoms with Gasteiger partial charge in [-0.05, 0) is 43.5 Å². The number of aromatic nitrogens is 2. The summed E-state index contributed by atoms with van der Waals surface area (Å²) in [7, 11) is 4.96. The van der Waals surface area contributed by atoms with Crippen molar-refractivity contribution in [2.45, 2.75) is 32.4 Å². The molecule has 0 radical (unpaired) electrons. The van der Waals surface area contributed by atoms with Gasteiger partial charge in [0.2, 0.25) is 5.95 Å². The third-order valence-electron chi connectivity index (χ3n) is 7.35. The number of nitrogens with one attached hydrogen (secondary N) is 1. The zero-order valence-corrected chi connectivity index (χ0v) is 23.4. The molecule has 0 amide bonds. The fraction of sp³-hybridized carbons (Fsp3) is 0.517. The fourth-order valence-electron chi connectivity index (χ4n) is 5.28. The SMILES string of the molecule is CCOc1cc(CN2CCC(Nc3nc(N4CCOCC4)c4cc(OC)c(OC)cc4n3)CC2)ccc1OC. The summed E-state index contributed by atoms with van der Waals surface area (Å²) in [5, 5.41) is 4.57. The molecule has 0 spiro atoms. The van der Waals surface area contributed by atoms with Gasteiger partial charge in [-0.3, -0.25) is 4.90 Å². The van der Waals surface area contributed by atoms with Gasteiger partial charge >= 0.3 is 0 Å². The quantitative estimate of drug-likeness (QED) is 0.410. The minimum Gasteiger partial charge on any atom is -0.493 e. The molecule has 10 nitrogen and oxygen atoms in total. The maximum atomic E-state index is 5.76. The zero-order valence-electron chi connectivity index (χ0n) is 23.4. The van der Waals surface area contributed by atoms with Crippen molar-refractivity contribution in [1.82, 2.24) is 14.9 Å². The van der Waals surface area contributed by atoms with Crippen molar-refractivity contribution in [2.75, 3.05) is 77.5 Å². The van der Waals surface area contributed by atoms with E-state index in [1.54, 1.807) is 21.3 Å². The average molecular weight is 538 g/mol. The van der Waals surface area contributed by atoms with E-state index in [2.05, 4.69) is 27.2 Å². The van der Waals surface area contributed by atoms with Gasteiger partial charge in [0, 0.05) is 50.2 Å². The lowest BCUT2D eigenvalue weighted by atomic mass is 10.0. The second-order valence-electron chi connectivity index (χ2n) is 9.81. The topological polar surface area (TPSA) is 90.4 Å². The average Bonchev–Trinajstić information content (AvgIpc) is 2.98. The number of rotatable bonds is 10. The van der Waals surface area contributed by atoms with Crippen molar-refractivity contribution in [1.29, 1.82) is 0 Å². The minimum absolute atomic E-state index is 0.297. The number of morpholine rings is 1. The van der Waals surface area contributed by atoms with Crippen LogP contribution in [0.5, 0.6) is 23.0 Å². The molecule has 3 heterocycles. The molecule has 2 aliphatic rings. The highest BCUT2D eigenvalue weighted by Gasteiger charge is 2.23. The highest BCUT2D eigenvalue weighted by atomic mass is 16.5. The van der Waals surface area contributed by atoms with Crippen LogP contribution < -0.4 is 29.2 Å². The van der Waals surface area contributed by atoms with Crippen molar-refractivity contribution >= 4 is 22.7 Å². The van der Waals surface area contributed by atoms with Crippen LogP contribution >= 0.6 is 0 Å². The Morgan fingerprint density at radius 3 is 2.28 bits per heavy atom. The van der Waals surface area contributed by atoms with E-state index in [0.29, 0.717) is 43.3 Å². The van der Waals surface area contributed by atoms with E-state index in [1.165, 1.54) is 5.56 Å². The predicted molar refractivity (Wildman–Crippen MR) is 152 cm³/mol. The van der Waals surface area contributed by atoms with E-state index in [1.807, 2.05) is 25.1 Å². The Morgan fingerprint density at radius 1 is 0.872 bits per heavy atom. The van der Waals surface area contributed by atoms with Gasteiger partial charge in [0.25, 0.3) is 0 Å². The zero-order chi connectivity index (χ0) is 27.2. The molecule has 1 N–H and O–H groups in total. The van der Waals surface area contributed by atoms with E-state index >= 15 is 0 Å².